The first-order valence-corrected chi connectivity index (χ1v) is 10.7. The van der Waals surface area contributed by atoms with E-state index in [2.05, 4.69) is 10.3 Å². The number of pyridine rings is 1. The molecular weight excluding hydrogens is 437 g/mol. The second-order valence-corrected chi connectivity index (χ2v) is 8.21. The van der Waals surface area contributed by atoms with Gasteiger partial charge in [0.05, 0.1) is 19.6 Å². The van der Waals surface area contributed by atoms with Crippen LogP contribution in [0.4, 0.5) is 29.5 Å². The number of anilines is 2. The third-order valence-electron chi connectivity index (χ3n) is 5.69. The number of halogens is 3. The molecule has 3 heterocycles. The molecule has 1 saturated heterocycles. The standard InChI is InChI=1S/C23H25F3N4O3/c1-15-2-3-18(27-22(32)30-5-4-16(14-30)13-23(24,25)26)12-19(15)17-10-20(28-21(31)11-17)29-6-8-33-9-7-29/h2-4,10-12H,5-9,13-14H2,1H3,(H,27,32)(H,28,31). The number of carbonyl (C=O) groups excluding carboxylic acids is 1. The van der Waals surface area contributed by atoms with E-state index in [4.69, 9.17) is 4.74 Å². The minimum atomic E-state index is -4.29. The molecule has 176 valence electrons. The van der Waals surface area contributed by atoms with Crippen LogP contribution in [-0.4, -0.2) is 61.5 Å². The maximum atomic E-state index is 12.6. The molecule has 1 aromatic heterocycles. The van der Waals surface area contributed by atoms with Crippen LogP contribution in [0, 0.1) is 6.92 Å². The molecule has 2 N–H and O–H groups in total. The molecule has 10 heteroatoms. The highest BCUT2D eigenvalue weighted by molar-refractivity contribution is 5.91. The molecule has 2 aliphatic rings. The lowest BCUT2D eigenvalue weighted by Gasteiger charge is -2.28. The molecule has 2 amide bonds. The molecule has 0 radical (unpaired) electrons. The number of hydrogen-bond donors (Lipinski definition) is 2. The van der Waals surface area contributed by atoms with E-state index in [1.807, 2.05) is 24.0 Å². The maximum Gasteiger partial charge on any atom is 0.392 e. The summed E-state index contributed by atoms with van der Waals surface area (Å²) in [6.45, 7) is 4.51. The molecule has 0 spiro atoms. The highest BCUT2D eigenvalue weighted by Crippen LogP contribution is 2.29. The van der Waals surface area contributed by atoms with Crippen LogP contribution >= 0.6 is 0 Å². The predicted molar refractivity (Wildman–Crippen MR) is 120 cm³/mol. The number of hydrogen-bond acceptors (Lipinski definition) is 4. The summed E-state index contributed by atoms with van der Waals surface area (Å²) >= 11 is 0. The number of alkyl halides is 3. The Morgan fingerprint density at radius 1 is 1.18 bits per heavy atom. The van der Waals surface area contributed by atoms with Crippen molar-refractivity contribution in [3.8, 4) is 11.1 Å². The van der Waals surface area contributed by atoms with E-state index in [9.17, 15) is 22.8 Å². The van der Waals surface area contributed by atoms with E-state index in [0.29, 0.717) is 43.4 Å². The van der Waals surface area contributed by atoms with Gasteiger partial charge in [0, 0.05) is 37.9 Å². The summed E-state index contributed by atoms with van der Waals surface area (Å²) in [5, 5.41) is 2.76. The van der Waals surface area contributed by atoms with Crippen LogP contribution < -0.4 is 15.8 Å². The molecule has 1 aromatic carbocycles. The summed E-state index contributed by atoms with van der Waals surface area (Å²) in [6.07, 6.45) is -3.87. The van der Waals surface area contributed by atoms with Gasteiger partial charge in [0.1, 0.15) is 5.82 Å². The van der Waals surface area contributed by atoms with Gasteiger partial charge in [-0.3, -0.25) is 4.79 Å². The van der Waals surface area contributed by atoms with Gasteiger partial charge in [-0.05, 0) is 47.4 Å². The second-order valence-electron chi connectivity index (χ2n) is 8.21. The van der Waals surface area contributed by atoms with Gasteiger partial charge in [0.15, 0.2) is 0 Å². The summed E-state index contributed by atoms with van der Waals surface area (Å²) in [5.41, 5.74) is 2.86. The molecule has 0 bridgehead atoms. The smallest absolute Gasteiger partial charge is 0.378 e. The van der Waals surface area contributed by atoms with Crippen molar-refractivity contribution in [2.24, 2.45) is 0 Å². The molecule has 4 rings (SSSR count). The van der Waals surface area contributed by atoms with E-state index in [1.54, 1.807) is 12.1 Å². The molecule has 33 heavy (non-hydrogen) atoms. The van der Waals surface area contributed by atoms with Crippen molar-refractivity contribution in [2.45, 2.75) is 19.5 Å². The number of morpholine rings is 1. The molecule has 2 aromatic rings. The quantitative estimate of drug-likeness (QED) is 0.676. The van der Waals surface area contributed by atoms with Gasteiger partial charge in [0.25, 0.3) is 0 Å². The van der Waals surface area contributed by atoms with Gasteiger partial charge in [-0.15, -0.1) is 0 Å². The maximum absolute atomic E-state index is 12.6. The van der Waals surface area contributed by atoms with Crippen LogP contribution in [0.2, 0.25) is 0 Å². The average molecular weight is 462 g/mol. The Morgan fingerprint density at radius 3 is 2.67 bits per heavy atom. The number of H-pyrrole nitrogens is 1. The Balaban J connectivity index is 1.50. The number of carbonyl (C=O) groups is 1. The van der Waals surface area contributed by atoms with Crippen LogP contribution in [0.5, 0.6) is 0 Å². The van der Waals surface area contributed by atoms with Gasteiger partial charge < -0.3 is 24.8 Å². The van der Waals surface area contributed by atoms with E-state index >= 15 is 0 Å². The number of ether oxygens (including phenoxy) is 1. The fraction of sp³-hybridized carbons (Fsp3) is 0.391. The molecule has 2 aliphatic heterocycles. The van der Waals surface area contributed by atoms with Crippen molar-refractivity contribution in [3.05, 3.63) is 57.9 Å². The van der Waals surface area contributed by atoms with Gasteiger partial charge in [0.2, 0.25) is 5.56 Å². The second kappa shape index (κ2) is 9.30. The zero-order valence-electron chi connectivity index (χ0n) is 18.2. The first-order chi connectivity index (χ1) is 15.7. The van der Waals surface area contributed by atoms with Gasteiger partial charge >= 0.3 is 12.2 Å². The summed E-state index contributed by atoms with van der Waals surface area (Å²) in [7, 11) is 0. The number of nitrogens with zero attached hydrogens (tertiary/aromatic N) is 2. The summed E-state index contributed by atoms with van der Waals surface area (Å²) < 4.78 is 43.2. The Kier molecular flexibility index (Phi) is 6.46. The Hall–Kier alpha value is -3.27. The molecule has 7 nitrogen and oxygen atoms in total. The monoisotopic (exact) mass is 462 g/mol. The van der Waals surface area contributed by atoms with Crippen molar-refractivity contribution >= 4 is 17.5 Å². The highest BCUT2D eigenvalue weighted by atomic mass is 19.4. The minimum Gasteiger partial charge on any atom is -0.378 e. The molecule has 1 fully saturated rings. The molecule has 0 atom stereocenters. The zero-order chi connectivity index (χ0) is 23.6. The third kappa shape index (κ3) is 5.75. The zero-order valence-corrected chi connectivity index (χ0v) is 18.2. The lowest BCUT2D eigenvalue weighted by atomic mass is 10.0. The van der Waals surface area contributed by atoms with Crippen LogP contribution in [0.3, 0.4) is 0 Å². The first kappa shape index (κ1) is 22.9. The van der Waals surface area contributed by atoms with Crippen molar-refractivity contribution in [3.63, 3.8) is 0 Å². The number of amides is 2. The molecule has 0 unspecified atom stereocenters. The van der Waals surface area contributed by atoms with E-state index in [-0.39, 0.29) is 24.2 Å². The van der Waals surface area contributed by atoms with Crippen molar-refractivity contribution in [1.82, 2.24) is 9.88 Å². The lowest BCUT2D eigenvalue weighted by Crippen LogP contribution is -2.37. The third-order valence-corrected chi connectivity index (χ3v) is 5.69. The number of nitrogens with one attached hydrogen (secondary N) is 2. The number of rotatable bonds is 4. The van der Waals surface area contributed by atoms with Gasteiger partial charge in [-0.2, -0.15) is 13.2 Å². The van der Waals surface area contributed by atoms with Gasteiger partial charge in [-0.25, -0.2) is 4.79 Å². The average Bonchev–Trinajstić information content (AvgIpc) is 3.22. The number of aromatic amines is 1. The number of aromatic nitrogens is 1. The first-order valence-electron chi connectivity index (χ1n) is 10.7. The molecule has 0 saturated carbocycles. The number of aryl methyl sites for hydroxylation is 1. The summed E-state index contributed by atoms with van der Waals surface area (Å²) in [4.78, 5) is 31.2. The Bertz CT molecular complexity index is 1120. The summed E-state index contributed by atoms with van der Waals surface area (Å²) in [6, 6.07) is 8.26. The SMILES string of the molecule is Cc1ccc(NC(=O)N2CC=C(CC(F)(F)F)C2)cc1-c1cc(N2CCOCC2)[nH]c(=O)c1. The fourth-order valence-electron chi connectivity index (χ4n) is 4.03. The van der Waals surface area contributed by atoms with Crippen LogP contribution in [0.15, 0.2) is 46.8 Å². The van der Waals surface area contributed by atoms with E-state index in [1.165, 1.54) is 17.0 Å². The fourth-order valence-corrected chi connectivity index (χ4v) is 4.03. The summed E-state index contributed by atoms with van der Waals surface area (Å²) in [5.74, 6) is 0.704. The predicted octanol–water partition coefficient (Wildman–Crippen LogP) is 3.91. The Morgan fingerprint density at radius 2 is 1.94 bits per heavy atom. The number of urea groups is 1. The lowest BCUT2D eigenvalue weighted by molar-refractivity contribution is -0.127. The number of benzene rings is 1. The van der Waals surface area contributed by atoms with Crippen molar-refractivity contribution < 1.29 is 22.7 Å². The minimum absolute atomic E-state index is 0.0545. The van der Waals surface area contributed by atoms with Crippen LogP contribution in [0.25, 0.3) is 11.1 Å². The van der Waals surface area contributed by atoms with E-state index < -0.39 is 18.6 Å². The highest BCUT2D eigenvalue weighted by Gasteiger charge is 2.32. The Labute approximate surface area is 188 Å². The van der Waals surface area contributed by atoms with E-state index in [0.717, 1.165) is 11.1 Å². The van der Waals surface area contributed by atoms with Crippen LogP contribution in [0.1, 0.15) is 12.0 Å². The molecular formula is C23H25F3N4O3. The van der Waals surface area contributed by atoms with Crippen molar-refractivity contribution in [1.29, 1.82) is 0 Å². The topological polar surface area (TPSA) is 77.7 Å². The van der Waals surface area contributed by atoms with Crippen LogP contribution in [-0.2, 0) is 4.74 Å². The van der Waals surface area contributed by atoms with Crippen molar-refractivity contribution in [2.75, 3.05) is 49.6 Å². The molecule has 0 aliphatic carbocycles. The normalized spacial score (nSPS) is 16.7. The van der Waals surface area contributed by atoms with Gasteiger partial charge in [-0.1, -0.05) is 12.1 Å². The largest absolute Gasteiger partial charge is 0.392 e.